The average molecular weight is 317 g/mol. The van der Waals surface area contributed by atoms with Crippen molar-refractivity contribution in [1.82, 2.24) is 15.2 Å². The highest BCUT2D eigenvalue weighted by atomic mass is 16.1. The lowest BCUT2D eigenvalue weighted by molar-refractivity contribution is -0.121. The summed E-state index contributed by atoms with van der Waals surface area (Å²) in [5, 5.41) is 3.12. The molecule has 1 aliphatic heterocycles. The van der Waals surface area contributed by atoms with Crippen molar-refractivity contribution >= 4 is 5.91 Å². The highest BCUT2D eigenvalue weighted by Crippen LogP contribution is 2.17. The molecule has 1 N–H and O–H groups in total. The molecule has 128 valence electrons. The van der Waals surface area contributed by atoms with Gasteiger partial charge in [0.1, 0.15) is 0 Å². The Morgan fingerprint density at radius 1 is 1.39 bits per heavy atom. The third-order valence-corrected chi connectivity index (χ3v) is 4.51. The van der Waals surface area contributed by atoms with Crippen LogP contribution >= 0.6 is 0 Å². The summed E-state index contributed by atoms with van der Waals surface area (Å²) >= 11 is 0. The summed E-state index contributed by atoms with van der Waals surface area (Å²) < 4.78 is 0. The number of hydrogen-bond donors (Lipinski definition) is 1. The van der Waals surface area contributed by atoms with Gasteiger partial charge in [0.25, 0.3) is 0 Å². The molecule has 1 aromatic heterocycles. The lowest BCUT2D eigenvalue weighted by Gasteiger charge is -2.33. The van der Waals surface area contributed by atoms with Crippen molar-refractivity contribution in [1.29, 1.82) is 0 Å². The second kappa shape index (κ2) is 9.66. The van der Waals surface area contributed by atoms with Crippen LogP contribution in [0.3, 0.4) is 0 Å². The molecule has 23 heavy (non-hydrogen) atoms. The van der Waals surface area contributed by atoms with Crippen LogP contribution in [-0.4, -0.2) is 42.0 Å². The van der Waals surface area contributed by atoms with Crippen LogP contribution in [0.25, 0.3) is 0 Å². The van der Waals surface area contributed by atoms with Gasteiger partial charge in [-0.15, -0.1) is 0 Å². The van der Waals surface area contributed by atoms with Crippen molar-refractivity contribution in [3.63, 3.8) is 0 Å². The van der Waals surface area contributed by atoms with E-state index in [1.54, 1.807) is 6.20 Å². The standard InChI is InChI=1S/C19H31N3O/c1-16(2)15-22-11-8-18(9-12-22)14-21-19(23)7-3-5-17-6-4-10-20-13-17/h4,6,10,13,16,18H,3,5,7-9,11-12,14-15H2,1-2H3,(H,21,23). The highest BCUT2D eigenvalue weighted by molar-refractivity contribution is 5.75. The Balaban J connectivity index is 1.55. The molecule has 0 atom stereocenters. The number of aryl methyl sites for hydroxylation is 1. The Labute approximate surface area is 140 Å². The molecule has 2 rings (SSSR count). The molecule has 0 aliphatic carbocycles. The molecule has 1 aliphatic rings. The SMILES string of the molecule is CC(C)CN1CCC(CNC(=O)CCCc2cccnc2)CC1. The van der Waals surface area contributed by atoms with Gasteiger partial charge in [-0.2, -0.15) is 0 Å². The first-order valence-corrected chi connectivity index (χ1v) is 9.01. The van der Waals surface area contributed by atoms with E-state index in [9.17, 15) is 4.79 Å². The molecule has 0 bridgehead atoms. The first-order chi connectivity index (χ1) is 11.1. The third kappa shape index (κ3) is 7.12. The van der Waals surface area contributed by atoms with Crippen molar-refractivity contribution in [2.45, 2.75) is 46.0 Å². The van der Waals surface area contributed by atoms with E-state index in [0.717, 1.165) is 25.3 Å². The fraction of sp³-hybridized carbons (Fsp3) is 0.684. The number of carbonyl (C=O) groups is 1. The quantitative estimate of drug-likeness (QED) is 0.802. The van der Waals surface area contributed by atoms with Gasteiger partial charge >= 0.3 is 0 Å². The molecule has 1 amide bonds. The van der Waals surface area contributed by atoms with Gasteiger partial charge in [-0.3, -0.25) is 9.78 Å². The van der Waals surface area contributed by atoms with Gasteiger partial charge in [0.05, 0.1) is 0 Å². The van der Waals surface area contributed by atoms with E-state index >= 15 is 0 Å². The van der Waals surface area contributed by atoms with Gasteiger partial charge in [-0.25, -0.2) is 0 Å². The van der Waals surface area contributed by atoms with Crippen LogP contribution in [0.2, 0.25) is 0 Å². The van der Waals surface area contributed by atoms with Crippen LogP contribution in [-0.2, 0) is 11.2 Å². The van der Waals surface area contributed by atoms with Crippen molar-refractivity contribution in [3.8, 4) is 0 Å². The number of rotatable bonds is 8. The molecule has 1 fully saturated rings. The Morgan fingerprint density at radius 2 is 2.17 bits per heavy atom. The number of pyridine rings is 1. The van der Waals surface area contributed by atoms with Crippen LogP contribution in [0.5, 0.6) is 0 Å². The zero-order valence-corrected chi connectivity index (χ0v) is 14.6. The number of nitrogens with one attached hydrogen (secondary N) is 1. The lowest BCUT2D eigenvalue weighted by Crippen LogP contribution is -2.40. The molecule has 1 aromatic rings. The predicted molar refractivity (Wildman–Crippen MR) is 94.2 cm³/mol. The van der Waals surface area contributed by atoms with Gasteiger partial charge in [-0.1, -0.05) is 19.9 Å². The van der Waals surface area contributed by atoms with Crippen molar-refractivity contribution < 1.29 is 4.79 Å². The number of hydrogen-bond acceptors (Lipinski definition) is 3. The highest BCUT2D eigenvalue weighted by Gasteiger charge is 2.19. The molecular formula is C19H31N3O. The van der Waals surface area contributed by atoms with E-state index in [0.29, 0.717) is 12.3 Å². The fourth-order valence-electron chi connectivity index (χ4n) is 3.24. The van der Waals surface area contributed by atoms with E-state index in [2.05, 4.69) is 35.1 Å². The molecule has 0 saturated carbocycles. The molecule has 4 heteroatoms. The van der Waals surface area contributed by atoms with Gasteiger partial charge in [0.2, 0.25) is 5.91 Å². The third-order valence-electron chi connectivity index (χ3n) is 4.51. The number of amides is 1. The summed E-state index contributed by atoms with van der Waals surface area (Å²) in [6, 6.07) is 4.01. The molecule has 1 saturated heterocycles. The molecular weight excluding hydrogens is 286 g/mol. The predicted octanol–water partition coefficient (Wildman–Crippen LogP) is 2.89. The molecule has 2 heterocycles. The topological polar surface area (TPSA) is 45.2 Å². The number of likely N-dealkylation sites (tertiary alicyclic amines) is 1. The van der Waals surface area contributed by atoms with Crippen molar-refractivity contribution in [3.05, 3.63) is 30.1 Å². The second-order valence-electron chi connectivity index (χ2n) is 7.16. The Kier molecular flexibility index (Phi) is 7.53. The summed E-state index contributed by atoms with van der Waals surface area (Å²) in [4.78, 5) is 18.6. The second-order valence-corrected chi connectivity index (χ2v) is 7.16. The minimum absolute atomic E-state index is 0.193. The maximum Gasteiger partial charge on any atom is 0.220 e. The smallest absolute Gasteiger partial charge is 0.220 e. The minimum Gasteiger partial charge on any atom is -0.356 e. The molecule has 0 spiro atoms. The normalized spacial score (nSPS) is 16.7. The van der Waals surface area contributed by atoms with E-state index < -0.39 is 0 Å². The first-order valence-electron chi connectivity index (χ1n) is 9.01. The number of aromatic nitrogens is 1. The number of piperidine rings is 1. The van der Waals surface area contributed by atoms with Crippen molar-refractivity contribution in [2.75, 3.05) is 26.2 Å². The van der Waals surface area contributed by atoms with Gasteiger partial charge in [0.15, 0.2) is 0 Å². The maximum absolute atomic E-state index is 11.9. The Morgan fingerprint density at radius 3 is 2.83 bits per heavy atom. The molecule has 0 unspecified atom stereocenters. The summed E-state index contributed by atoms with van der Waals surface area (Å²) in [7, 11) is 0. The fourth-order valence-corrected chi connectivity index (χ4v) is 3.24. The monoisotopic (exact) mass is 317 g/mol. The van der Waals surface area contributed by atoms with Gasteiger partial charge in [0, 0.05) is 31.9 Å². The Bertz CT molecular complexity index is 453. The first kappa shape index (κ1) is 17.9. The van der Waals surface area contributed by atoms with Crippen LogP contribution in [0, 0.1) is 11.8 Å². The summed E-state index contributed by atoms with van der Waals surface area (Å²) in [6.07, 6.45) is 8.51. The average Bonchev–Trinajstić information content (AvgIpc) is 2.55. The van der Waals surface area contributed by atoms with Gasteiger partial charge in [-0.05, 0) is 62.2 Å². The van der Waals surface area contributed by atoms with E-state index in [4.69, 9.17) is 0 Å². The number of carbonyl (C=O) groups excluding carboxylic acids is 1. The molecule has 0 radical (unpaired) electrons. The van der Waals surface area contributed by atoms with Crippen LogP contribution in [0.1, 0.15) is 45.1 Å². The zero-order valence-electron chi connectivity index (χ0n) is 14.6. The molecule has 0 aromatic carbocycles. The summed E-state index contributed by atoms with van der Waals surface area (Å²) in [5.41, 5.74) is 1.21. The van der Waals surface area contributed by atoms with E-state index in [1.807, 2.05) is 12.3 Å². The van der Waals surface area contributed by atoms with Gasteiger partial charge < -0.3 is 10.2 Å². The van der Waals surface area contributed by atoms with Crippen LogP contribution < -0.4 is 5.32 Å². The maximum atomic E-state index is 11.9. The largest absolute Gasteiger partial charge is 0.356 e. The van der Waals surface area contributed by atoms with Crippen LogP contribution in [0.15, 0.2) is 24.5 Å². The Hall–Kier alpha value is -1.42. The van der Waals surface area contributed by atoms with E-state index in [1.165, 1.54) is 38.0 Å². The zero-order chi connectivity index (χ0) is 16.5. The van der Waals surface area contributed by atoms with Crippen molar-refractivity contribution in [2.24, 2.45) is 11.8 Å². The summed E-state index contributed by atoms with van der Waals surface area (Å²) in [5.74, 6) is 1.59. The van der Waals surface area contributed by atoms with E-state index in [-0.39, 0.29) is 5.91 Å². The molecule has 4 nitrogen and oxygen atoms in total. The number of nitrogens with zero attached hydrogens (tertiary/aromatic N) is 2. The van der Waals surface area contributed by atoms with Crippen LogP contribution in [0.4, 0.5) is 0 Å². The lowest BCUT2D eigenvalue weighted by atomic mass is 9.96. The minimum atomic E-state index is 0.193. The summed E-state index contributed by atoms with van der Waals surface area (Å²) in [6.45, 7) is 8.96.